The number of para-hydroxylation sites is 2. The normalized spacial score (nSPS) is 11.8. The highest BCUT2D eigenvalue weighted by Crippen LogP contribution is 2.41. The van der Waals surface area contributed by atoms with Gasteiger partial charge in [-0.1, -0.05) is 42.5 Å². The Kier molecular flexibility index (Phi) is 6.40. The summed E-state index contributed by atoms with van der Waals surface area (Å²) in [5, 5.41) is 4.00. The molecular formula is C26H25FN2O3. The van der Waals surface area contributed by atoms with Crippen LogP contribution in [0.4, 0.5) is 4.39 Å². The fraction of sp³-hybridized carbons (Fsp3) is 0.192. The number of methoxy groups -OCH3 is 2. The molecule has 0 radical (unpaired) electrons. The number of rotatable bonds is 8. The fourth-order valence-corrected chi connectivity index (χ4v) is 4.02. The van der Waals surface area contributed by atoms with Crippen molar-refractivity contribution in [2.45, 2.75) is 18.9 Å². The predicted molar refractivity (Wildman–Crippen MR) is 123 cm³/mol. The number of hydrogen-bond donors (Lipinski definition) is 2. The molecule has 0 saturated carbocycles. The molecule has 5 nitrogen and oxygen atoms in total. The van der Waals surface area contributed by atoms with Crippen LogP contribution in [0.3, 0.4) is 0 Å². The lowest BCUT2D eigenvalue weighted by atomic mass is 9.87. The third-order valence-corrected chi connectivity index (χ3v) is 5.60. The first-order valence-electron chi connectivity index (χ1n) is 10.4. The van der Waals surface area contributed by atoms with Gasteiger partial charge in [0.15, 0.2) is 11.5 Å². The van der Waals surface area contributed by atoms with Crippen LogP contribution in [0.5, 0.6) is 11.5 Å². The van der Waals surface area contributed by atoms with Gasteiger partial charge in [-0.15, -0.1) is 0 Å². The maximum absolute atomic E-state index is 13.2. The molecule has 0 bridgehead atoms. The van der Waals surface area contributed by atoms with E-state index in [9.17, 15) is 9.18 Å². The van der Waals surface area contributed by atoms with E-state index >= 15 is 0 Å². The smallest absolute Gasteiger partial charge is 0.221 e. The number of halogens is 1. The highest BCUT2D eigenvalue weighted by atomic mass is 19.1. The van der Waals surface area contributed by atoms with E-state index in [0.29, 0.717) is 18.0 Å². The number of H-pyrrole nitrogens is 1. The van der Waals surface area contributed by atoms with Crippen molar-refractivity contribution >= 4 is 16.8 Å². The molecule has 3 aromatic carbocycles. The zero-order chi connectivity index (χ0) is 22.5. The molecule has 1 heterocycles. The van der Waals surface area contributed by atoms with Crippen LogP contribution in [0, 0.1) is 5.82 Å². The second kappa shape index (κ2) is 9.56. The summed E-state index contributed by atoms with van der Waals surface area (Å²) in [7, 11) is 3.19. The third kappa shape index (κ3) is 4.44. The Labute approximate surface area is 186 Å². The molecule has 6 heteroatoms. The van der Waals surface area contributed by atoms with Gasteiger partial charge in [-0.05, 0) is 35.4 Å². The first-order chi connectivity index (χ1) is 15.6. The molecular weight excluding hydrogens is 407 g/mol. The number of carbonyl (C=O) groups is 1. The topological polar surface area (TPSA) is 63.3 Å². The van der Waals surface area contributed by atoms with Crippen LogP contribution in [0.1, 0.15) is 29.0 Å². The SMILES string of the molecule is COc1cccc(C(CC(=O)NCc2ccc(F)cc2)c2c[nH]c3ccccc23)c1OC. The summed E-state index contributed by atoms with van der Waals surface area (Å²) in [5.41, 5.74) is 3.71. The van der Waals surface area contributed by atoms with Gasteiger partial charge in [0.2, 0.25) is 5.91 Å². The van der Waals surface area contributed by atoms with Gasteiger partial charge in [0.25, 0.3) is 0 Å². The Balaban J connectivity index is 1.67. The summed E-state index contributed by atoms with van der Waals surface area (Å²) in [6.07, 6.45) is 2.16. The Hall–Kier alpha value is -3.80. The van der Waals surface area contributed by atoms with Gasteiger partial charge in [0.05, 0.1) is 14.2 Å². The van der Waals surface area contributed by atoms with Gasteiger partial charge < -0.3 is 19.8 Å². The molecule has 2 N–H and O–H groups in total. The van der Waals surface area contributed by atoms with Crippen molar-refractivity contribution in [2.75, 3.05) is 14.2 Å². The van der Waals surface area contributed by atoms with Crippen molar-refractivity contribution < 1.29 is 18.7 Å². The average molecular weight is 432 g/mol. The molecule has 1 atom stereocenters. The average Bonchev–Trinajstić information content (AvgIpc) is 3.25. The number of hydrogen-bond acceptors (Lipinski definition) is 3. The van der Waals surface area contributed by atoms with E-state index in [-0.39, 0.29) is 24.1 Å². The van der Waals surface area contributed by atoms with E-state index in [4.69, 9.17) is 9.47 Å². The minimum absolute atomic E-state index is 0.116. The predicted octanol–water partition coefficient (Wildman–Crippen LogP) is 5.16. The van der Waals surface area contributed by atoms with Gasteiger partial charge in [0.1, 0.15) is 5.82 Å². The van der Waals surface area contributed by atoms with Gasteiger partial charge >= 0.3 is 0 Å². The first kappa shape index (κ1) is 21.4. The molecule has 0 fully saturated rings. The summed E-state index contributed by atoms with van der Waals surface area (Å²) < 4.78 is 24.3. The van der Waals surface area contributed by atoms with Crippen LogP contribution >= 0.6 is 0 Å². The third-order valence-electron chi connectivity index (χ3n) is 5.60. The molecule has 0 aliphatic heterocycles. The number of benzene rings is 3. The van der Waals surface area contributed by atoms with Crippen LogP contribution in [0.15, 0.2) is 72.9 Å². The van der Waals surface area contributed by atoms with Crippen molar-refractivity contribution in [2.24, 2.45) is 0 Å². The van der Waals surface area contributed by atoms with Crippen LogP contribution in [0.25, 0.3) is 10.9 Å². The highest BCUT2D eigenvalue weighted by Gasteiger charge is 2.26. The van der Waals surface area contributed by atoms with Gasteiger partial charge in [-0.2, -0.15) is 0 Å². The van der Waals surface area contributed by atoms with Gasteiger partial charge in [0, 0.05) is 41.5 Å². The van der Waals surface area contributed by atoms with Crippen molar-refractivity contribution in [3.05, 3.63) is 95.4 Å². The Morgan fingerprint density at radius 1 is 0.969 bits per heavy atom. The molecule has 0 aliphatic rings. The number of amides is 1. The summed E-state index contributed by atoms with van der Waals surface area (Å²) >= 11 is 0. The molecule has 4 rings (SSSR count). The minimum atomic E-state index is -0.301. The molecule has 0 aliphatic carbocycles. The second-order valence-electron chi connectivity index (χ2n) is 7.53. The van der Waals surface area contributed by atoms with Crippen LogP contribution in [0.2, 0.25) is 0 Å². The van der Waals surface area contributed by atoms with Crippen LogP contribution in [-0.2, 0) is 11.3 Å². The van der Waals surface area contributed by atoms with Crippen LogP contribution in [-0.4, -0.2) is 25.1 Å². The lowest BCUT2D eigenvalue weighted by Gasteiger charge is -2.21. The molecule has 0 saturated heterocycles. The van der Waals surface area contributed by atoms with E-state index < -0.39 is 0 Å². The lowest BCUT2D eigenvalue weighted by Crippen LogP contribution is -2.25. The van der Waals surface area contributed by atoms with E-state index in [1.807, 2.05) is 48.7 Å². The van der Waals surface area contributed by atoms with Crippen molar-refractivity contribution in [1.82, 2.24) is 10.3 Å². The van der Waals surface area contributed by atoms with E-state index in [1.165, 1.54) is 12.1 Å². The Bertz CT molecular complexity index is 1220. The van der Waals surface area contributed by atoms with Crippen LogP contribution < -0.4 is 14.8 Å². The minimum Gasteiger partial charge on any atom is -0.493 e. The van der Waals surface area contributed by atoms with Crippen molar-refractivity contribution in [3.63, 3.8) is 0 Å². The summed E-state index contributed by atoms with van der Waals surface area (Å²) in [4.78, 5) is 16.3. The number of aromatic nitrogens is 1. The number of nitrogens with one attached hydrogen (secondary N) is 2. The standard InChI is InChI=1S/C26H25FN2O3/c1-31-24-9-5-7-20(26(24)32-2)21(22-16-28-23-8-4-3-6-19(22)23)14-25(30)29-15-17-10-12-18(27)13-11-17/h3-13,16,21,28H,14-15H2,1-2H3,(H,29,30). The van der Waals surface area contributed by atoms with Crippen molar-refractivity contribution in [3.8, 4) is 11.5 Å². The zero-order valence-corrected chi connectivity index (χ0v) is 18.0. The van der Waals surface area contributed by atoms with Gasteiger partial charge in [-0.25, -0.2) is 4.39 Å². The van der Waals surface area contributed by atoms with Crippen molar-refractivity contribution in [1.29, 1.82) is 0 Å². The van der Waals surface area contributed by atoms with Gasteiger partial charge in [-0.3, -0.25) is 4.79 Å². The Morgan fingerprint density at radius 2 is 1.75 bits per heavy atom. The van der Waals surface area contributed by atoms with E-state index in [1.54, 1.807) is 26.4 Å². The second-order valence-corrected chi connectivity index (χ2v) is 7.53. The Morgan fingerprint density at radius 3 is 2.50 bits per heavy atom. The maximum atomic E-state index is 13.2. The number of aromatic amines is 1. The van der Waals surface area contributed by atoms with E-state index in [2.05, 4.69) is 10.3 Å². The summed E-state index contributed by atoms with van der Waals surface area (Å²) in [6, 6.07) is 19.8. The lowest BCUT2D eigenvalue weighted by molar-refractivity contribution is -0.121. The number of ether oxygens (including phenoxy) is 2. The molecule has 1 unspecified atom stereocenters. The quantitative estimate of drug-likeness (QED) is 0.404. The monoisotopic (exact) mass is 432 g/mol. The zero-order valence-electron chi connectivity index (χ0n) is 18.0. The summed E-state index contributed by atoms with van der Waals surface area (Å²) in [6.45, 7) is 0.328. The molecule has 32 heavy (non-hydrogen) atoms. The molecule has 1 amide bonds. The number of carbonyl (C=O) groups excluding carboxylic acids is 1. The highest BCUT2D eigenvalue weighted by molar-refractivity contribution is 5.86. The fourth-order valence-electron chi connectivity index (χ4n) is 4.02. The maximum Gasteiger partial charge on any atom is 0.221 e. The largest absolute Gasteiger partial charge is 0.493 e. The first-order valence-corrected chi connectivity index (χ1v) is 10.4. The molecule has 0 spiro atoms. The summed E-state index contributed by atoms with van der Waals surface area (Å²) in [5.74, 6) is 0.543. The molecule has 164 valence electrons. The number of fused-ring (bicyclic) bond motifs is 1. The molecule has 4 aromatic rings. The van der Waals surface area contributed by atoms with E-state index in [0.717, 1.165) is 27.6 Å². The molecule has 1 aromatic heterocycles.